The number of hydrogen-bond acceptors (Lipinski definition) is 12. The monoisotopic (exact) mass is 1330 g/mol. The predicted molar refractivity (Wildman–Crippen MR) is 384 cm³/mol. The first kappa shape index (κ1) is 90.2. The summed E-state index contributed by atoms with van der Waals surface area (Å²) < 4.78 is 21.2. The van der Waals surface area contributed by atoms with Gasteiger partial charge in [-0.3, -0.25) is 14.4 Å². The summed E-state index contributed by atoms with van der Waals surface area (Å²) in [5.74, 6) is -1.08. The Kier molecular flexibility index (Phi) is 60.4. The molecule has 0 aromatic rings. The SMILES string of the molecule is CCCCCCCCCCCCCCCCCCCCCC[N+](C)(C)CCC[Si](OCC(CO)(CO)NC(=O)CCCCCCCCCCC)(OCC(CO)(CO)NC(=O)CCCCCCCCCCC)OCC(CO)(CO)NC(=O)CCCCCCCCCCC. The zero-order chi connectivity index (χ0) is 68.0. The van der Waals surface area contributed by atoms with Crippen LogP contribution in [0.5, 0.6) is 0 Å². The highest BCUT2D eigenvalue weighted by molar-refractivity contribution is 6.60. The second-order valence-corrected chi connectivity index (χ2v) is 31.7. The van der Waals surface area contributed by atoms with E-state index in [1.807, 2.05) is 0 Å². The van der Waals surface area contributed by atoms with E-state index < -0.39 is 84.9 Å². The van der Waals surface area contributed by atoms with Crippen molar-refractivity contribution >= 4 is 26.5 Å². The summed E-state index contributed by atoms with van der Waals surface area (Å²) in [7, 11) is 0.0246. The van der Waals surface area contributed by atoms with Crippen LogP contribution < -0.4 is 16.0 Å². The quantitative estimate of drug-likeness (QED) is 0.0157. The molecule has 0 aliphatic carbocycles. The Morgan fingerprint density at radius 3 is 0.685 bits per heavy atom. The molecule has 0 bridgehead atoms. The van der Waals surface area contributed by atoms with Gasteiger partial charge in [-0.1, -0.05) is 297 Å². The van der Waals surface area contributed by atoms with Gasteiger partial charge >= 0.3 is 8.80 Å². The molecule has 0 radical (unpaired) electrons. The van der Waals surface area contributed by atoms with E-state index in [0.29, 0.717) is 36.7 Å². The number of aliphatic hydroxyl groups excluding tert-OH is 6. The standard InChI is InChI=1S/C75H152N4O12Si/c1-7-11-15-19-23-27-28-29-30-31-32-33-34-35-36-37-41-45-49-53-58-79(5,6)59-54-60-92(89-67-73(61-80,62-81)76-70(86)55-50-46-42-38-24-20-16-12-8-2,90-68-74(63-82,64-83)77-71(87)56-51-47-43-39-25-21-17-13-9-3)91-69-75(65-84,66-85)78-72(88)57-52-48-44-40-26-22-18-14-10-4/h80-85H,7-69H2,1-6H3,(H2-,76,77,78,86,87,88)/p+1. The summed E-state index contributed by atoms with van der Waals surface area (Å²) >= 11 is 0. The Morgan fingerprint density at radius 1 is 0.293 bits per heavy atom. The molecule has 16 nitrogen and oxygen atoms in total. The molecule has 0 saturated carbocycles. The number of carbonyl (C=O) groups excluding carboxylic acids is 3. The van der Waals surface area contributed by atoms with Crippen LogP contribution in [-0.2, 0) is 27.7 Å². The highest BCUT2D eigenvalue weighted by Crippen LogP contribution is 2.27. The molecule has 0 aromatic heterocycles. The Hall–Kier alpha value is -1.77. The van der Waals surface area contributed by atoms with E-state index in [1.165, 1.54) is 212 Å². The number of nitrogens with zero attached hydrogens (tertiary/aromatic N) is 1. The first-order valence-corrected chi connectivity index (χ1v) is 40.9. The molecule has 0 fully saturated rings. The van der Waals surface area contributed by atoms with Crippen LogP contribution in [0.15, 0.2) is 0 Å². The number of unbranched alkanes of at least 4 members (excludes halogenated alkanes) is 43. The minimum atomic E-state index is -4.35. The van der Waals surface area contributed by atoms with E-state index in [9.17, 15) is 45.0 Å². The topological polar surface area (TPSA) is 236 Å². The molecule has 0 heterocycles. The Labute approximate surface area is 567 Å². The smallest absolute Gasteiger partial charge is 0.394 e. The predicted octanol–water partition coefficient (Wildman–Crippen LogP) is 15.5. The number of aliphatic hydroxyl groups is 6. The van der Waals surface area contributed by atoms with Crippen LogP contribution in [0.3, 0.4) is 0 Å². The Bertz CT molecular complexity index is 1520. The van der Waals surface area contributed by atoms with Crippen LogP contribution in [0.2, 0.25) is 6.04 Å². The average Bonchev–Trinajstić information content (AvgIpc) is 0.846. The number of quaternary nitrogens is 1. The number of hydrogen-bond donors (Lipinski definition) is 9. The minimum absolute atomic E-state index is 0.117. The third kappa shape index (κ3) is 49.7. The maximum atomic E-state index is 13.7. The number of nitrogens with one attached hydrogen (secondary N) is 3. The second kappa shape index (κ2) is 61.6. The van der Waals surface area contributed by atoms with Crippen molar-refractivity contribution in [3.63, 3.8) is 0 Å². The fourth-order valence-electron chi connectivity index (χ4n) is 12.3. The van der Waals surface area contributed by atoms with E-state index in [1.54, 1.807) is 0 Å². The fraction of sp³-hybridized carbons (Fsp3) is 0.960. The molecule has 548 valence electrons. The normalized spacial score (nSPS) is 12.5. The van der Waals surface area contributed by atoms with Crippen LogP contribution in [0.25, 0.3) is 0 Å². The van der Waals surface area contributed by atoms with E-state index in [2.05, 4.69) is 57.7 Å². The van der Waals surface area contributed by atoms with Gasteiger partial charge < -0.3 is 64.4 Å². The van der Waals surface area contributed by atoms with Crippen LogP contribution >= 0.6 is 0 Å². The molecule has 0 aliphatic rings. The molecule has 0 aromatic carbocycles. The lowest BCUT2D eigenvalue weighted by Gasteiger charge is -2.41. The van der Waals surface area contributed by atoms with Gasteiger partial charge in [0.25, 0.3) is 0 Å². The molecular formula is C75H153N4O12Si+. The third-order valence-electron chi connectivity index (χ3n) is 19.1. The van der Waals surface area contributed by atoms with Gasteiger partial charge in [-0.15, -0.1) is 0 Å². The molecule has 9 N–H and O–H groups in total. The highest BCUT2D eigenvalue weighted by Gasteiger charge is 2.49. The van der Waals surface area contributed by atoms with E-state index in [0.717, 1.165) is 77.2 Å². The van der Waals surface area contributed by atoms with Crippen molar-refractivity contribution in [3.05, 3.63) is 0 Å². The van der Waals surface area contributed by atoms with E-state index >= 15 is 0 Å². The van der Waals surface area contributed by atoms with Crippen LogP contribution in [-0.4, -0.2) is 165 Å². The Morgan fingerprint density at radius 2 is 0.478 bits per heavy atom. The lowest BCUT2D eigenvalue weighted by molar-refractivity contribution is -0.890. The van der Waals surface area contributed by atoms with Crippen molar-refractivity contribution in [2.24, 2.45) is 0 Å². The molecule has 0 spiro atoms. The largest absolute Gasteiger partial charge is 0.501 e. The van der Waals surface area contributed by atoms with Crippen LogP contribution in [0.1, 0.15) is 355 Å². The zero-order valence-electron chi connectivity index (χ0n) is 61.1. The zero-order valence-corrected chi connectivity index (χ0v) is 62.1. The molecule has 0 saturated heterocycles. The van der Waals surface area contributed by atoms with Gasteiger partial charge in [0.15, 0.2) is 0 Å². The highest BCUT2D eigenvalue weighted by atomic mass is 28.4. The molecule has 92 heavy (non-hydrogen) atoms. The summed E-state index contributed by atoms with van der Waals surface area (Å²) in [6.45, 7) is 4.89. The summed E-state index contributed by atoms with van der Waals surface area (Å²) in [5, 5.41) is 74.8. The lowest BCUT2D eigenvalue weighted by atomic mass is 10.0. The fourth-order valence-corrected chi connectivity index (χ4v) is 15.1. The molecular weight excluding hydrogens is 1180 g/mol. The van der Waals surface area contributed by atoms with Crippen molar-refractivity contribution < 1.29 is 62.8 Å². The summed E-state index contributed by atoms with van der Waals surface area (Å²) in [6, 6.07) is 0.117. The van der Waals surface area contributed by atoms with Crippen LogP contribution in [0, 0.1) is 0 Å². The van der Waals surface area contributed by atoms with Crippen molar-refractivity contribution in [1.82, 2.24) is 16.0 Å². The first-order chi connectivity index (χ1) is 44.6. The van der Waals surface area contributed by atoms with Crippen molar-refractivity contribution in [2.45, 2.75) is 378 Å². The van der Waals surface area contributed by atoms with Gasteiger partial charge in [-0.25, -0.2) is 0 Å². The molecule has 0 aliphatic heterocycles. The summed E-state index contributed by atoms with van der Waals surface area (Å²) in [6.07, 6.45) is 56.5. The van der Waals surface area contributed by atoms with E-state index in [-0.39, 0.29) is 43.0 Å². The second-order valence-electron chi connectivity index (χ2n) is 28.9. The van der Waals surface area contributed by atoms with E-state index in [4.69, 9.17) is 13.3 Å². The molecule has 0 atom stereocenters. The molecule has 3 amide bonds. The van der Waals surface area contributed by atoms with Crippen molar-refractivity contribution in [2.75, 3.05) is 86.6 Å². The van der Waals surface area contributed by atoms with Gasteiger partial charge in [-0.05, 0) is 32.1 Å². The minimum Gasteiger partial charge on any atom is -0.394 e. The van der Waals surface area contributed by atoms with Gasteiger partial charge in [0.2, 0.25) is 17.7 Å². The maximum Gasteiger partial charge on any atom is 0.501 e. The molecule has 0 rings (SSSR count). The molecule has 17 heteroatoms. The van der Waals surface area contributed by atoms with Gasteiger partial charge in [-0.2, -0.15) is 0 Å². The first-order valence-electron chi connectivity index (χ1n) is 38.9. The number of rotatable bonds is 73. The van der Waals surface area contributed by atoms with Crippen molar-refractivity contribution in [1.29, 1.82) is 0 Å². The maximum absolute atomic E-state index is 13.7. The third-order valence-corrected chi connectivity index (χ3v) is 21.8. The summed E-state index contributed by atoms with van der Waals surface area (Å²) in [4.78, 5) is 41.0. The average molecular weight is 1330 g/mol. The van der Waals surface area contributed by atoms with Crippen LogP contribution in [0.4, 0.5) is 0 Å². The number of amides is 3. The lowest BCUT2D eigenvalue weighted by Crippen LogP contribution is -2.64. The van der Waals surface area contributed by atoms with Gasteiger partial charge in [0.05, 0.1) is 86.6 Å². The molecule has 0 unspecified atom stereocenters. The summed E-state index contributed by atoms with van der Waals surface area (Å²) in [5.41, 5.74) is -5.06. The van der Waals surface area contributed by atoms with Gasteiger partial charge in [0, 0.05) is 31.7 Å². The van der Waals surface area contributed by atoms with Gasteiger partial charge in [0.1, 0.15) is 16.6 Å². The number of carbonyl (C=O) groups is 3. The Balaban J connectivity index is 6.52. The van der Waals surface area contributed by atoms with Crippen molar-refractivity contribution in [3.8, 4) is 0 Å².